The van der Waals surface area contributed by atoms with Crippen molar-refractivity contribution in [1.29, 1.82) is 0 Å². The smallest absolute Gasteiger partial charge is 0.0753 e. The molecule has 0 amide bonds. The van der Waals surface area contributed by atoms with Crippen molar-refractivity contribution in [2.75, 3.05) is 0 Å². The Morgan fingerprint density at radius 2 is 1.45 bits per heavy atom. The van der Waals surface area contributed by atoms with Crippen molar-refractivity contribution in [3.8, 4) is 0 Å². The van der Waals surface area contributed by atoms with Gasteiger partial charge in [0.05, 0.1) is 3.42 Å². The van der Waals surface area contributed by atoms with E-state index < -0.39 is 0 Å². The molecule has 0 aromatic heterocycles. The van der Waals surface area contributed by atoms with Gasteiger partial charge in [-0.25, -0.2) is 0 Å². The fourth-order valence-electron chi connectivity index (χ4n) is 2.40. The van der Waals surface area contributed by atoms with Crippen LogP contribution in [-0.4, -0.2) is 0 Å². The molecule has 0 saturated carbocycles. The van der Waals surface area contributed by atoms with E-state index in [1.54, 1.807) is 0 Å². The first-order valence-electron chi connectivity index (χ1n) is 6.56. The van der Waals surface area contributed by atoms with Crippen LogP contribution in [0.25, 0.3) is 0 Å². The number of halogens is 2. The molecule has 2 heteroatoms. The van der Waals surface area contributed by atoms with Crippen LogP contribution in [0, 0.1) is 0 Å². The van der Waals surface area contributed by atoms with Gasteiger partial charge in [-0.05, 0) is 23.3 Å². The minimum absolute atomic E-state index is 0.0229. The van der Waals surface area contributed by atoms with Crippen molar-refractivity contribution in [2.45, 2.75) is 9.34 Å². The van der Waals surface area contributed by atoms with E-state index in [-0.39, 0.29) is 3.42 Å². The van der Waals surface area contributed by atoms with Crippen LogP contribution in [0.15, 0.2) is 83.4 Å². The molecule has 0 fully saturated rings. The highest BCUT2D eigenvalue weighted by Crippen LogP contribution is 2.40. The maximum Gasteiger partial charge on any atom is 0.0830 e. The molecule has 0 bridgehead atoms. The zero-order valence-corrected chi connectivity index (χ0v) is 14.6. The topological polar surface area (TPSA) is 0 Å². The zero-order valence-electron chi connectivity index (χ0n) is 10.8. The van der Waals surface area contributed by atoms with Gasteiger partial charge in [0.1, 0.15) is 0 Å². The molecule has 0 radical (unpaired) electrons. The van der Waals surface area contributed by atoms with E-state index in [1.807, 2.05) is 0 Å². The minimum Gasteiger partial charge on any atom is -0.0753 e. The number of hydrogen-bond donors (Lipinski definition) is 0. The van der Waals surface area contributed by atoms with Crippen molar-refractivity contribution >= 4 is 38.5 Å². The standard InChI is InChI=1S/C18H14BrI/c19-17-8-6-14(7-9-17)15-10-12-18(20,13-11-15)16-4-2-1-3-5-16/h1-13,15H. The Bertz CT molecular complexity index is 627. The van der Waals surface area contributed by atoms with Crippen LogP contribution >= 0.6 is 38.5 Å². The summed E-state index contributed by atoms with van der Waals surface area (Å²) in [5.74, 6) is 0.370. The normalized spacial score (nSPS) is 24.8. The van der Waals surface area contributed by atoms with E-state index in [9.17, 15) is 0 Å². The lowest BCUT2D eigenvalue weighted by atomic mass is 9.87. The van der Waals surface area contributed by atoms with E-state index >= 15 is 0 Å². The third-order valence-electron chi connectivity index (χ3n) is 3.56. The molecule has 0 nitrogen and oxygen atoms in total. The Balaban J connectivity index is 1.85. The van der Waals surface area contributed by atoms with Crippen molar-refractivity contribution in [3.05, 3.63) is 94.5 Å². The van der Waals surface area contributed by atoms with Gasteiger partial charge in [0, 0.05) is 10.4 Å². The third-order valence-corrected chi connectivity index (χ3v) is 5.43. The Morgan fingerprint density at radius 3 is 2.05 bits per heavy atom. The van der Waals surface area contributed by atoms with Gasteiger partial charge in [0.15, 0.2) is 0 Å². The number of allylic oxidation sites excluding steroid dienone is 4. The molecule has 0 atom stereocenters. The monoisotopic (exact) mass is 436 g/mol. The van der Waals surface area contributed by atoms with Gasteiger partial charge in [0.2, 0.25) is 0 Å². The number of rotatable bonds is 2. The first kappa shape index (κ1) is 14.1. The molecule has 0 N–H and O–H groups in total. The minimum atomic E-state index is -0.0229. The second-order valence-electron chi connectivity index (χ2n) is 4.93. The summed E-state index contributed by atoms with van der Waals surface area (Å²) in [4.78, 5) is 0. The summed E-state index contributed by atoms with van der Waals surface area (Å²) in [6.07, 6.45) is 9.19. The average molecular weight is 437 g/mol. The molecule has 3 rings (SSSR count). The van der Waals surface area contributed by atoms with Gasteiger partial charge in [-0.3, -0.25) is 0 Å². The summed E-state index contributed by atoms with van der Waals surface area (Å²) in [7, 11) is 0. The summed E-state index contributed by atoms with van der Waals surface area (Å²) in [5, 5.41) is 0. The lowest BCUT2D eigenvalue weighted by Gasteiger charge is -2.26. The SMILES string of the molecule is Brc1ccc(C2C=CC(I)(c3ccccc3)C=C2)cc1. The molecule has 2 aromatic rings. The van der Waals surface area contributed by atoms with Crippen LogP contribution in [0.2, 0.25) is 0 Å². The number of benzene rings is 2. The predicted molar refractivity (Wildman–Crippen MR) is 97.3 cm³/mol. The molecule has 1 aliphatic rings. The highest BCUT2D eigenvalue weighted by Gasteiger charge is 2.25. The van der Waals surface area contributed by atoms with E-state index in [0.29, 0.717) is 5.92 Å². The second-order valence-corrected chi connectivity index (χ2v) is 7.63. The Labute approximate surface area is 141 Å². The molecule has 0 aliphatic heterocycles. The van der Waals surface area contributed by atoms with Gasteiger partial charge in [-0.15, -0.1) is 0 Å². The van der Waals surface area contributed by atoms with Crippen LogP contribution in [-0.2, 0) is 3.42 Å². The maximum atomic E-state index is 3.48. The van der Waals surface area contributed by atoms with Crippen LogP contribution in [0.1, 0.15) is 17.0 Å². The first-order chi connectivity index (χ1) is 9.67. The van der Waals surface area contributed by atoms with Crippen molar-refractivity contribution in [3.63, 3.8) is 0 Å². The lowest BCUT2D eigenvalue weighted by molar-refractivity contribution is 0.943. The van der Waals surface area contributed by atoms with Crippen LogP contribution in [0.4, 0.5) is 0 Å². The molecule has 20 heavy (non-hydrogen) atoms. The Kier molecular flexibility index (Phi) is 4.13. The van der Waals surface area contributed by atoms with Crippen LogP contribution in [0.5, 0.6) is 0 Å². The molecule has 1 aliphatic carbocycles. The van der Waals surface area contributed by atoms with Gasteiger partial charge < -0.3 is 0 Å². The van der Waals surface area contributed by atoms with Crippen LogP contribution < -0.4 is 0 Å². The average Bonchev–Trinajstić information content (AvgIpc) is 2.50. The second kappa shape index (κ2) is 5.86. The predicted octanol–water partition coefficient (Wildman–Crippen LogP) is 5.99. The number of alkyl halides is 1. The van der Waals surface area contributed by atoms with Crippen molar-refractivity contribution in [1.82, 2.24) is 0 Å². The van der Waals surface area contributed by atoms with E-state index in [1.165, 1.54) is 11.1 Å². The van der Waals surface area contributed by atoms with Crippen molar-refractivity contribution < 1.29 is 0 Å². The largest absolute Gasteiger partial charge is 0.0830 e. The summed E-state index contributed by atoms with van der Waals surface area (Å²) >= 11 is 5.99. The first-order valence-corrected chi connectivity index (χ1v) is 8.43. The molecular formula is C18H14BrI. The highest BCUT2D eigenvalue weighted by atomic mass is 127. The van der Waals surface area contributed by atoms with Gasteiger partial charge in [-0.1, -0.05) is 105 Å². The fraction of sp³-hybridized carbons (Fsp3) is 0.111. The molecule has 0 heterocycles. The van der Waals surface area contributed by atoms with E-state index in [0.717, 1.165) is 4.47 Å². The van der Waals surface area contributed by atoms with Crippen LogP contribution in [0.3, 0.4) is 0 Å². The number of hydrogen-bond acceptors (Lipinski definition) is 0. The maximum absolute atomic E-state index is 3.48. The molecule has 0 spiro atoms. The summed E-state index contributed by atoms with van der Waals surface area (Å²) in [6.45, 7) is 0. The highest BCUT2D eigenvalue weighted by molar-refractivity contribution is 14.1. The molecule has 2 aromatic carbocycles. The van der Waals surface area contributed by atoms with Crippen molar-refractivity contribution in [2.24, 2.45) is 0 Å². The molecule has 0 saturated heterocycles. The Hall–Kier alpha value is -0.870. The van der Waals surface area contributed by atoms with E-state index in [4.69, 9.17) is 0 Å². The lowest BCUT2D eigenvalue weighted by Crippen LogP contribution is -2.14. The summed E-state index contributed by atoms with van der Waals surface area (Å²) < 4.78 is 1.10. The van der Waals surface area contributed by atoms with Gasteiger partial charge in [0.25, 0.3) is 0 Å². The van der Waals surface area contributed by atoms with E-state index in [2.05, 4.69) is 117 Å². The zero-order chi connectivity index (χ0) is 14.0. The van der Waals surface area contributed by atoms with Gasteiger partial charge >= 0.3 is 0 Å². The molecule has 0 unspecified atom stereocenters. The molecule has 100 valence electrons. The quantitative estimate of drug-likeness (QED) is 0.308. The van der Waals surface area contributed by atoms with Gasteiger partial charge in [-0.2, -0.15) is 0 Å². The Morgan fingerprint density at radius 1 is 0.850 bits per heavy atom. The summed E-state index contributed by atoms with van der Waals surface area (Å²) in [6, 6.07) is 19.2. The third kappa shape index (κ3) is 2.91. The fourth-order valence-corrected chi connectivity index (χ4v) is 3.44. The molecular weight excluding hydrogens is 423 g/mol. The summed E-state index contributed by atoms with van der Waals surface area (Å²) in [5.41, 5.74) is 2.65.